The van der Waals surface area contributed by atoms with Crippen LogP contribution in [0.15, 0.2) is 6.07 Å². The summed E-state index contributed by atoms with van der Waals surface area (Å²) in [7, 11) is 0. The Kier molecular flexibility index (Phi) is 1.54. The highest BCUT2D eigenvalue weighted by Crippen LogP contribution is 2.21. The van der Waals surface area contributed by atoms with Crippen molar-refractivity contribution in [2.45, 2.75) is 6.92 Å². The van der Waals surface area contributed by atoms with Gasteiger partial charge in [0.25, 0.3) is 0 Å². The molecule has 0 aliphatic heterocycles. The summed E-state index contributed by atoms with van der Waals surface area (Å²) in [6, 6.07) is 2.96. The lowest BCUT2D eigenvalue weighted by atomic mass is 10.3. The summed E-state index contributed by atoms with van der Waals surface area (Å²) in [5, 5.41) is 31.2. The van der Waals surface area contributed by atoms with Crippen LogP contribution in [0.4, 0.5) is 0 Å². The van der Waals surface area contributed by atoms with Gasteiger partial charge in [-0.2, -0.15) is 19.9 Å². The maximum Gasteiger partial charge on any atom is 0.219 e. The third-order valence-corrected chi connectivity index (χ3v) is 1.84. The van der Waals surface area contributed by atoms with Crippen molar-refractivity contribution in [3.8, 4) is 17.8 Å². The zero-order valence-electron chi connectivity index (χ0n) is 7.26. The Morgan fingerprint density at radius 3 is 2.86 bits per heavy atom. The van der Waals surface area contributed by atoms with Crippen LogP contribution < -0.4 is 0 Å². The highest BCUT2D eigenvalue weighted by Gasteiger charge is 2.13. The van der Waals surface area contributed by atoms with Gasteiger partial charge in [-0.05, 0) is 6.92 Å². The van der Waals surface area contributed by atoms with Gasteiger partial charge in [-0.3, -0.25) is 0 Å². The quantitative estimate of drug-likeness (QED) is 0.623. The zero-order valence-corrected chi connectivity index (χ0v) is 7.26. The number of aromatic hydroxyl groups is 2. The largest absolute Gasteiger partial charge is 0.493 e. The number of hydrogen-bond donors (Lipinski definition) is 2. The zero-order chi connectivity index (χ0) is 10.3. The first-order chi connectivity index (χ1) is 6.63. The van der Waals surface area contributed by atoms with Gasteiger partial charge in [-0.1, -0.05) is 0 Å². The highest BCUT2D eigenvalue weighted by atomic mass is 16.3. The SMILES string of the molecule is Cc1nn2c(O)cc(O)nc2c1C#N. The molecule has 0 saturated carbocycles. The number of nitriles is 1. The van der Waals surface area contributed by atoms with E-state index in [4.69, 9.17) is 10.4 Å². The Morgan fingerprint density at radius 1 is 1.50 bits per heavy atom. The second-order valence-electron chi connectivity index (χ2n) is 2.78. The molecule has 6 heteroatoms. The molecule has 14 heavy (non-hydrogen) atoms. The lowest BCUT2D eigenvalue weighted by Gasteiger charge is -1.96. The number of fused-ring (bicyclic) bond motifs is 1. The molecule has 2 N–H and O–H groups in total. The molecule has 2 aromatic rings. The van der Waals surface area contributed by atoms with Crippen LogP contribution in [0, 0.1) is 18.3 Å². The van der Waals surface area contributed by atoms with Crippen LogP contribution in [-0.2, 0) is 0 Å². The first-order valence-corrected chi connectivity index (χ1v) is 3.82. The van der Waals surface area contributed by atoms with Crippen LogP contribution in [-0.4, -0.2) is 24.8 Å². The molecule has 0 aliphatic rings. The minimum atomic E-state index is -0.341. The van der Waals surface area contributed by atoms with E-state index in [1.165, 1.54) is 0 Å². The van der Waals surface area contributed by atoms with Crippen molar-refractivity contribution in [2.75, 3.05) is 0 Å². The van der Waals surface area contributed by atoms with Gasteiger partial charge in [0.2, 0.25) is 11.8 Å². The smallest absolute Gasteiger partial charge is 0.219 e. The molecule has 70 valence electrons. The average molecular weight is 190 g/mol. The first kappa shape index (κ1) is 8.31. The Morgan fingerprint density at radius 2 is 2.21 bits per heavy atom. The van der Waals surface area contributed by atoms with Crippen LogP contribution in [0.5, 0.6) is 11.8 Å². The fraction of sp³-hybridized carbons (Fsp3) is 0.125. The lowest BCUT2D eigenvalue weighted by molar-refractivity contribution is 0.412. The fourth-order valence-electron chi connectivity index (χ4n) is 1.23. The van der Waals surface area contributed by atoms with Crippen molar-refractivity contribution in [2.24, 2.45) is 0 Å². The molecule has 0 spiro atoms. The van der Waals surface area contributed by atoms with Crippen molar-refractivity contribution in [1.82, 2.24) is 14.6 Å². The van der Waals surface area contributed by atoms with Crippen molar-refractivity contribution in [1.29, 1.82) is 5.26 Å². The summed E-state index contributed by atoms with van der Waals surface area (Å²) in [5.41, 5.74) is 0.861. The second kappa shape index (κ2) is 2.60. The molecule has 0 saturated heterocycles. The molecule has 2 heterocycles. The van der Waals surface area contributed by atoms with E-state index in [0.29, 0.717) is 5.69 Å². The Balaban J connectivity index is 2.97. The molecular weight excluding hydrogens is 184 g/mol. The summed E-state index contributed by atoms with van der Waals surface area (Å²) in [6.45, 7) is 1.63. The summed E-state index contributed by atoms with van der Waals surface area (Å²) in [4.78, 5) is 3.70. The van der Waals surface area contributed by atoms with Crippen molar-refractivity contribution in [3.63, 3.8) is 0 Å². The summed E-state index contributed by atoms with van der Waals surface area (Å²) < 4.78 is 1.10. The van der Waals surface area contributed by atoms with Crippen LogP contribution >= 0.6 is 0 Å². The maximum absolute atomic E-state index is 9.38. The van der Waals surface area contributed by atoms with Crippen molar-refractivity contribution >= 4 is 5.65 Å². The molecule has 6 nitrogen and oxygen atoms in total. The topological polar surface area (TPSA) is 94.4 Å². The standard InChI is InChI=1S/C8H6N4O2/c1-4-5(3-9)8-10-6(13)2-7(14)12(8)11-4/h2,14H,1H3,(H,10,13). The molecule has 2 rings (SSSR count). The lowest BCUT2D eigenvalue weighted by Crippen LogP contribution is -1.91. The minimum Gasteiger partial charge on any atom is -0.493 e. The minimum absolute atomic E-state index is 0.155. The van der Waals surface area contributed by atoms with Gasteiger partial charge in [0, 0.05) is 0 Å². The van der Waals surface area contributed by atoms with Crippen LogP contribution in [0.3, 0.4) is 0 Å². The molecule has 0 fully saturated rings. The molecule has 0 amide bonds. The second-order valence-corrected chi connectivity index (χ2v) is 2.78. The van der Waals surface area contributed by atoms with Gasteiger partial charge >= 0.3 is 0 Å². The molecule has 0 aliphatic carbocycles. The van der Waals surface area contributed by atoms with Gasteiger partial charge in [-0.25, -0.2) is 0 Å². The van der Waals surface area contributed by atoms with E-state index in [1.807, 2.05) is 6.07 Å². The summed E-state index contributed by atoms with van der Waals surface area (Å²) in [6.07, 6.45) is 0. The third kappa shape index (κ3) is 0.959. The molecular formula is C8H6N4O2. The van der Waals surface area contributed by atoms with E-state index in [0.717, 1.165) is 10.6 Å². The van der Waals surface area contributed by atoms with Crippen molar-refractivity contribution in [3.05, 3.63) is 17.3 Å². The molecule has 0 bridgehead atoms. The third-order valence-electron chi connectivity index (χ3n) is 1.84. The van der Waals surface area contributed by atoms with Gasteiger partial charge in [0.15, 0.2) is 5.65 Å². The van der Waals surface area contributed by atoms with E-state index in [-0.39, 0.29) is 23.0 Å². The Labute approximate surface area is 78.7 Å². The van der Waals surface area contributed by atoms with Crippen molar-refractivity contribution < 1.29 is 10.2 Å². The molecule has 0 atom stereocenters. The summed E-state index contributed by atoms with van der Waals surface area (Å²) >= 11 is 0. The molecule has 0 unspecified atom stereocenters. The van der Waals surface area contributed by atoms with E-state index in [1.54, 1.807) is 6.92 Å². The first-order valence-electron chi connectivity index (χ1n) is 3.82. The van der Waals surface area contributed by atoms with E-state index >= 15 is 0 Å². The fourth-order valence-corrected chi connectivity index (χ4v) is 1.23. The normalized spacial score (nSPS) is 10.3. The van der Waals surface area contributed by atoms with Gasteiger partial charge in [0.05, 0.1) is 11.8 Å². The van der Waals surface area contributed by atoms with Crippen LogP contribution in [0.25, 0.3) is 5.65 Å². The molecule has 2 aromatic heterocycles. The molecule has 0 aromatic carbocycles. The number of aromatic nitrogens is 3. The average Bonchev–Trinajstić information content (AvgIpc) is 2.41. The van der Waals surface area contributed by atoms with Gasteiger partial charge in [0.1, 0.15) is 11.6 Å². The number of hydrogen-bond acceptors (Lipinski definition) is 5. The highest BCUT2D eigenvalue weighted by molar-refractivity contribution is 5.59. The van der Waals surface area contributed by atoms with E-state index in [9.17, 15) is 5.11 Å². The van der Waals surface area contributed by atoms with Gasteiger partial charge < -0.3 is 10.2 Å². The number of nitrogens with zero attached hydrogens (tertiary/aromatic N) is 4. The Bertz CT molecular complexity index is 552. The number of aryl methyl sites for hydroxylation is 1. The summed E-state index contributed by atoms with van der Waals surface area (Å²) in [5.74, 6) is -0.594. The number of rotatable bonds is 0. The van der Waals surface area contributed by atoms with E-state index in [2.05, 4.69) is 10.1 Å². The van der Waals surface area contributed by atoms with E-state index < -0.39 is 0 Å². The maximum atomic E-state index is 9.38. The predicted octanol–water partition coefficient (Wildman–Crippen LogP) is 0.321. The van der Waals surface area contributed by atoms with Crippen LogP contribution in [0.2, 0.25) is 0 Å². The van der Waals surface area contributed by atoms with Crippen LogP contribution in [0.1, 0.15) is 11.3 Å². The predicted molar refractivity (Wildman–Crippen MR) is 45.8 cm³/mol. The monoisotopic (exact) mass is 190 g/mol. The van der Waals surface area contributed by atoms with Gasteiger partial charge in [-0.15, -0.1) is 0 Å². The Hall–Kier alpha value is -2.29. The molecule has 0 radical (unpaired) electrons.